The lowest BCUT2D eigenvalue weighted by molar-refractivity contribution is -0.140. The quantitative estimate of drug-likeness (QED) is 0.803. The van der Waals surface area contributed by atoms with Gasteiger partial charge in [-0.15, -0.1) is 0 Å². The van der Waals surface area contributed by atoms with Gasteiger partial charge in [0.25, 0.3) is 0 Å². The highest BCUT2D eigenvalue weighted by Gasteiger charge is 2.23. The average Bonchev–Trinajstić information content (AvgIpc) is 2.53. The number of benzene rings is 2. The predicted octanol–water partition coefficient (Wildman–Crippen LogP) is 3.09. The van der Waals surface area contributed by atoms with Crippen LogP contribution in [0.2, 0.25) is 0 Å². The Labute approximate surface area is 134 Å². The summed E-state index contributed by atoms with van der Waals surface area (Å²) in [4.78, 5) is 34.7. The van der Waals surface area contributed by atoms with E-state index in [1.807, 2.05) is 0 Å². The van der Waals surface area contributed by atoms with Crippen LogP contribution in [0.3, 0.4) is 0 Å². The summed E-state index contributed by atoms with van der Waals surface area (Å²) in [7, 11) is 0. The molecular formula is C18H17NO4. The molecule has 0 aliphatic rings. The van der Waals surface area contributed by atoms with Crippen molar-refractivity contribution >= 4 is 23.3 Å². The van der Waals surface area contributed by atoms with Gasteiger partial charge in [0.15, 0.2) is 5.78 Å². The van der Waals surface area contributed by atoms with Crippen LogP contribution in [-0.2, 0) is 9.59 Å². The first-order valence-corrected chi connectivity index (χ1v) is 7.16. The van der Waals surface area contributed by atoms with E-state index >= 15 is 0 Å². The SMILES string of the molecule is CC(=O)c1ccc(NC(=O)C[C@@H](C(=O)O)c2ccccc2)cc1. The molecule has 0 saturated heterocycles. The number of carboxylic acids is 1. The van der Waals surface area contributed by atoms with Gasteiger partial charge < -0.3 is 10.4 Å². The van der Waals surface area contributed by atoms with Gasteiger partial charge in [0.05, 0.1) is 5.92 Å². The molecule has 0 unspecified atom stereocenters. The standard InChI is InChI=1S/C18H17NO4/c1-12(20)13-7-9-15(10-8-13)19-17(21)11-16(18(22)23)14-5-3-2-4-6-14/h2-10,16H,11H2,1H3,(H,19,21)(H,22,23)/t16-/m1/s1. The number of anilines is 1. The van der Waals surface area contributed by atoms with Gasteiger partial charge >= 0.3 is 5.97 Å². The first-order valence-electron chi connectivity index (χ1n) is 7.16. The number of hydrogen-bond donors (Lipinski definition) is 2. The number of rotatable bonds is 6. The average molecular weight is 311 g/mol. The maximum atomic E-state index is 12.1. The lowest BCUT2D eigenvalue weighted by atomic mass is 9.95. The number of nitrogens with one attached hydrogen (secondary N) is 1. The molecule has 0 bridgehead atoms. The first-order chi connectivity index (χ1) is 11.0. The third-order valence-electron chi connectivity index (χ3n) is 3.46. The number of aliphatic carboxylic acids is 1. The van der Waals surface area contributed by atoms with E-state index in [1.54, 1.807) is 54.6 Å². The minimum atomic E-state index is -1.04. The molecule has 0 fully saturated rings. The number of carboxylic acid groups (broad SMARTS) is 1. The van der Waals surface area contributed by atoms with E-state index in [0.717, 1.165) is 0 Å². The Balaban J connectivity index is 2.05. The van der Waals surface area contributed by atoms with Crippen molar-refractivity contribution in [3.05, 3.63) is 65.7 Å². The molecule has 118 valence electrons. The monoisotopic (exact) mass is 311 g/mol. The summed E-state index contributed by atoms with van der Waals surface area (Å²) in [5, 5.41) is 12.0. The van der Waals surface area contributed by atoms with Gasteiger partial charge in [-0.2, -0.15) is 0 Å². The van der Waals surface area contributed by atoms with Crippen molar-refractivity contribution in [2.24, 2.45) is 0 Å². The van der Waals surface area contributed by atoms with Crippen molar-refractivity contribution in [1.82, 2.24) is 0 Å². The van der Waals surface area contributed by atoms with E-state index in [-0.39, 0.29) is 12.2 Å². The van der Waals surface area contributed by atoms with Crippen LogP contribution in [0.4, 0.5) is 5.69 Å². The molecule has 2 rings (SSSR count). The van der Waals surface area contributed by atoms with Gasteiger partial charge in [-0.25, -0.2) is 0 Å². The van der Waals surface area contributed by atoms with Crippen LogP contribution in [0.1, 0.15) is 35.2 Å². The summed E-state index contributed by atoms with van der Waals surface area (Å²) in [6, 6.07) is 15.1. The number of hydrogen-bond acceptors (Lipinski definition) is 3. The molecule has 5 nitrogen and oxygen atoms in total. The smallest absolute Gasteiger partial charge is 0.311 e. The normalized spacial score (nSPS) is 11.5. The molecule has 1 atom stereocenters. The third kappa shape index (κ3) is 4.51. The van der Waals surface area contributed by atoms with Crippen LogP contribution < -0.4 is 5.32 Å². The predicted molar refractivity (Wildman–Crippen MR) is 86.5 cm³/mol. The zero-order chi connectivity index (χ0) is 16.8. The Morgan fingerprint density at radius 3 is 2.13 bits per heavy atom. The Hall–Kier alpha value is -2.95. The van der Waals surface area contributed by atoms with Gasteiger partial charge in [0.1, 0.15) is 0 Å². The summed E-state index contributed by atoms with van der Waals surface area (Å²) < 4.78 is 0. The molecule has 0 radical (unpaired) electrons. The Morgan fingerprint density at radius 1 is 1.00 bits per heavy atom. The van der Waals surface area contributed by atoms with Crippen LogP contribution in [0, 0.1) is 0 Å². The van der Waals surface area contributed by atoms with Gasteiger partial charge in [0.2, 0.25) is 5.91 Å². The van der Waals surface area contributed by atoms with E-state index in [1.165, 1.54) is 6.92 Å². The Bertz CT molecular complexity index is 708. The second-order valence-electron chi connectivity index (χ2n) is 5.19. The molecule has 0 aliphatic carbocycles. The van der Waals surface area contributed by atoms with Crippen molar-refractivity contribution in [2.75, 3.05) is 5.32 Å². The molecule has 0 aromatic heterocycles. The summed E-state index contributed by atoms with van der Waals surface area (Å²) in [6.45, 7) is 1.46. The van der Waals surface area contributed by atoms with Crippen molar-refractivity contribution in [3.8, 4) is 0 Å². The van der Waals surface area contributed by atoms with E-state index in [9.17, 15) is 19.5 Å². The van der Waals surface area contributed by atoms with Gasteiger partial charge in [0, 0.05) is 17.7 Å². The van der Waals surface area contributed by atoms with Gasteiger partial charge in [-0.05, 0) is 36.8 Å². The van der Waals surface area contributed by atoms with Crippen molar-refractivity contribution in [1.29, 1.82) is 0 Å². The van der Waals surface area contributed by atoms with Gasteiger partial charge in [-0.3, -0.25) is 14.4 Å². The fraction of sp³-hybridized carbons (Fsp3) is 0.167. The topological polar surface area (TPSA) is 83.5 Å². The van der Waals surface area contributed by atoms with Crippen molar-refractivity contribution in [3.63, 3.8) is 0 Å². The minimum absolute atomic E-state index is 0.0575. The van der Waals surface area contributed by atoms with Gasteiger partial charge in [-0.1, -0.05) is 30.3 Å². The molecule has 2 N–H and O–H groups in total. The zero-order valence-corrected chi connectivity index (χ0v) is 12.7. The fourth-order valence-electron chi connectivity index (χ4n) is 2.22. The van der Waals surface area contributed by atoms with E-state index in [0.29, 0.717) is 16.8 Å². The Kier molecular flexibility index (Phi) is 5.25. The highest BCUT2D eigenvalue weighted by Crippen LogP contribution is 2.21. The molecule has 5 heteroatoms. The minimum Gasteiger partial charge on any atom is -0.481 e. The lowest BCUT2D eigenvalue weighted by Crippen LogP contribution is -2.20. The summed E-state index contributed by atoms with van der Waals surface area (Å²) in [5.41, 5.74) is 1.66. The van der Waals surface area contributed by atoms with E-state index in [4.69, 9.17) is 0 Å². The van der Waals surface area contributed by atoms with Crippen LogP contribution >= 0.6 is 0 Å². The third-order valence-corrected chi connectivity index (χ3v) is 3.46. The van der Waals surface area contributed by atoms with Crippen LogP contribution in [-0.4, -0.2) is 22.8 Å². The molecule has 0 spiro atoms. The molecule has 1 amide bonds. The first kappa shape index (κ1) is 16.4. The van der Waals surface area contributed by atoms with E-state index < -0.39 is 17.8 Å². The second kappa shape index (κ2) is 7.35. The molecule has 2 aromatic carbocycles. The van der Waals surface area contributed by atoms with Crippen LogP contribution in [0.25, 0.3) is 0 Å². The van der Waals surface area contributed by atoms with Crippen molar-refractivity contribution < 1.29 is 19.5 Å². The van der Waals surface area contributed by atoms with Crippen LogP contribution in [0.15, 0.2) is 54.6 Å². The summed E-state index contributed by atoms with van der Waals surface area (Å²) in [5.74, 6) is -2.39. The number of ketones is 1. The summed E-state index contributed by atoms with van der Waals surface area (Å²) in [6.07, 6.45) is -0.159. The van der Waals surface area contributed by atoms with E-state index in [2.05, 4.69) is 5.32 Å². The molecule has 0 heterocycles. The van der Waals surface area contributed by atoms with Crippen molar-refractivity contribution in [2.45, 2.75) is 19.3 Å². The number of carbonyl (C=O) groups is 3. The molecular weight excluding hydrogens is 294 g/mol. The number of carbonyl (C=O) groups excluding carboxylic acids is 2. The lowest BCUT2D eigenvalue weighted by Gasteiger charge is -2.13. The second-order valence-corrected chi connectivity index (χ2v) is 5.19. The Morgan fingerprint density at radius 2 is 1.61 bits per heavy atom. The summed E-state index contributed by atoms with van der Waals surface area (Å²) >= 11 is 0. The molecule has 0 saturated carbocycles. The maximum absolute atomic E-state index is 12.1. The van der Waals surface area contributed by atoms with Crippen LogP contribution in [0.5, 0.6) is 0 Å². The molecule has 2 aromatic rings. The largest absolute Gasteiger partial charge is 0.481 e. The maximum Gasteiger partial charge on any atom is 0.311 e. The number of amides is 1. The fourth-order valence-corrected chi connectivity index (χ4v) is 2.22. The molecule has 23 heavy (non-hydrogen) atoms. The molecule has 0 aliphatic heterocycles. The highest BCUT2D eigenvalue weighted by atomic mass is 16.4. The zero-order valence-electron chi connectivity index (χ0n) is 12.7. The number of Topliss-reactive ketones (excluding diaryl/α,β-unsaturated/α-hetero) is 1. The highest BCUT2D eigenvalue weighted by molar-refractivity contribution is 5.96.